The Morgan fingerprint density at radius 3 is 2.41 bits per heavy atom. The Labute approximate surface area is 97.5 Å². The third-order valence-corrected chi connectivity index (χ3v) is 3.25. The van der Waals surface area contributed by atoms with E-state index in [1.165, 1.54) is 6.07 Å². The van der Waals surface area contributed by atoms with E-state index in [1.807, 2.05) is 0 Å². The van der Waals surface area contributed by atoms with Crippen LogP contribution in [0.1, 0.15) is 24.0 Å². The topological polar surface area (TPSA) is 36.8 Å². The SMILES string of the molecule is OC1(c2cccc(C(F)(F)F)c2)CC[NH2+]CC1. The zero-order valence-electron chi connectivity index (χ0n) is 9.30. The van der Waals surface area contributed by atoms with Gasteiger partial charge < -0.3 is 10.4 Å². The lowest BCUT2D eigenvalue weighted by molar-refractivity contribution is -0.669. The minimum atomic E-state index is -4.35. The minimum absolute atomic E-state index is 0.375. The van der Waals surface area contributed by atoms with E-state index >= 15 is 0 Å². The highest BCUT2D eigenvalue weighted by atomic mass is 19.4. The fourth-order valence-electron chi connectivity index (χ4n) is 2.22. The number of aliphatic hydroxyl groups is 1. The molecule has 0 atom stereocenters. The van der Waals surface area contributed by atoms with Crippen LogP contribution in [0.5, 0.6) is 0 Å². The molecule has 0 amide bonds. The maximum atomic E-state index is 12.6. The Hall–Kier alpha value is -1.07. The number of quaternary nitrogens is 1. The van der Waals surface area contributed by atoms with Crippen molar-refractivity contribution in [1.29, 1.82) is 0 Å². The molecule has 0 spiro atoms. The average Bonchev–Trinajstić information content (AvgIpc) is 2.29. The van der Waals surface area contributed by atoms with Crippen LogP contribution in [0.4, 0.5) is 13.2 Å². The first-order valence-corrected chi connectivity index (χ1v) is 5.64. The maximum absolute atomic E-state index is 12.6. The van der Waals surface area contributed by atoms with E-state index in [0.29, 0.717) is 18.4 Å². The summed E-state index contributed by atoms with van der Waals surface area (Å²) in [5.74, 6) is 0. The van der Waals surface area contributed by atoms with E-state index in [0.717, 1.165) is 25.2 Å². The molecule has 5 heteroatoms. The second kappa shape index (κ2) is 4.31. The van der Waals surface area contributed by atoms with Crippen molar-refractivity contribution in [3.05, 3.63) is 35.4 Å². The van der Waals surface area contributed by atoms with E-state index in [1.54, 1.807) is 6.07 Å². The summed E-state index contributed by atoms with van der Waals surface area (Å²) < 4.78 is 37.7. The van der Waals surface area contributed by atoms with Gasteiger partial charge in [-0.05, 0) is 17.7 Å². The molecule has 1 aromatic rings. The average molecular weight is 246 g/mol. The molecular weight excluding hydrogens is 231 g/mol. The smallest absolute Gasteiger partial charge is 0.385 e. The molecule has 17 heavy (non-hydrogen) atoms. The lowest BCUT2D eigenvalue weighted by Gasteiger charge is -2.31. The molecule has 0 radical (unpaired) electrons. The molecule has 1 aromatic carbocycles. The van der Waals surface area contributed by atoms with Gasteiger partial charge in [0, 0.05) is 12.8 Å². The highest BCUT2D eigenvalue weighted by molar-refractivity contribution is 5.30. The third-order valence-electron chi connectivity index (χ3n) is 3.25. The van der Waals surface area contributed by atoms with E-state index in [9.17, 15) is 18.3 Å². The van der Waals surface area contributed by atoms with Crippen LogP contribution in [-0.2, 0) is 11.8 Å². The molecule has 0 bridgehead atoms. The van der Waals surface area contributed by atoms with E-state index in [4.69, 9.17) is 0 Å². The van der Waals surface area contributed by atoms with Crippen LogP contribution < -0.4 is 5.32 Å². The first kappa shape index (κ1) is 12.4. The van der Waals surface area contributed by atoms with Gasteiger partial charge in [0.2, 0.25) is 0 Å². The first-order valence-electron chi connectivity index (χ1n) is 5.64. The third kappa shape index (κ3) is 2.61. The number of hydrogen-bond acceptors (Lipinski definition) is 1. The predicted octanol–water partition coefficient (Wildman–Crippen LogP) is 1.25. The van der Waals surface area contributed by atoms with Crippen LogP contribution >= 0.6 is 0 Å². The lowest BCUT2D eigenvalue weighted by Crippen LogP contribution is -2.87. The Bertz CT molecular complexity index is 397. The van der Waals surface area contributed by atoms with Crippen molar-refractivity contribution in [2.75, 3.05) is 13.1 Å². The molecule has 1 aliphatic rings. The Morgan fingerprint density at radius 2 is 1.82 bits per heavy atom. The minimum Gasteiger partial charge on any atom is -0.385 e. The van der Waals surface area contributed by atoms with Gasteiger partial charge in [-0.2, -0.15) is 13.2 Å². The Balaban J connectivity index is 2.32. The summed E-state index contributed by atoms with van der Waals surface area (Å²) in [6.07, 6.45) is -3.37. The highest BCUT2D eigenvalue weighted by Crippen LogP contribution is 2.34. The molecule has 94 valence electrons. The summed E-state index contributed by atoms with van der Waals surface area (Å²) in [6.45, 7) is 1.49. The van der Waals surface area contributed by atoms with Gasteiger partial charge in [0.05, 0.1) is 18.7 Å². The van der Waals surface area contributed by atoms with Crippen molar-refractivity contribution in [2.45, 2.75) is 24.6 Å². The fourth-order valence-corrected chi connectivity index (χ4v) is 2.22. The van der Waals surface area contributed by atoms with Crippen molar-refractivity contribution >= 4 is 0 Å². The molecule has 1 aliphatic heterocycles. The van der Waals surface area contributed by atoms with Gasteiger partial charge in [0.1, 0.15) is 5.60 Å². The Kier molecular flexibility index (Phi) is 3.14. The van der Waals surface area contributed by atoms with Crippen LogP contribution in [0, 0.1) is 0 Å². The lowest BCUT2D eigenvalue weighted by atomic mass is 9.84. The Morgan fingerprint density at radius 1 is 1.18 bits per heavy atom. The van der Waals surface area contributed by atoms with Gasteiger partial charge in [-0.1, -0.05) is 12.1 Å². The van der Waals surface area contributed by atoms with Gasteiger partial charge in [0.15, 0.2) is 0 Å². The monoisotopic (exact) mass is 246 g/mol. The van der Waals surface area contributed by atoms with Crippen molar-refractivity contribution in [1.82, 2.24) is 0 Å². The van der Waals surface area contributed by atoms with E-state index < -0.39 is 17.3 Å². The molecular formula is C12H15F3NO+. The van der Waals surface area contributed by atoms with Crippen LogP contribution in [-0.4, -0.2) is 18.2 Å². The summed E-state index contributed by atoms with van der Waals surface area (Å²) in [6, 6.07) is 5.02. The summed E-state index contributed by atoms with van der Waals surface area (Å²) in [7, 11) is 0. The van der Waals surface area contributed by atoms with Crippen LogP contribution in [0.3, 0.4) is 0 Å². The molecule has 1 saturated heterocycles. The molecule has 0 saturated carbocycles. The molecule has 1 heterocycles. The fraction of sp³-hybridized carbons (Fsp3) is 0.500. The molecule has 1 fully saturated rings. The van der Waals surface area contributed by atoms with Crippen molar-refractivity contribution in [3.63, 3.8) is 0 Å². The summed E-state index contributed by atoms with van der Waals surface area (Å²) >= 11 is 0. The number of nitrogens with two attached hydrogens (primary N) is 1. The molecule has 2 rings (SSSR count). The highest BCUT2D eigenvalue weighted by Gasteiger charge is 2.36. The normalized spacial score (nSPS) is 20.2. The summed E-state index contributed by atoms with van der Waals surface area (Å²) in [4.78, 5) is 0. The number of halogens is 3. The largest absolute Gasteiger partial charge is 0.416 e. The van der Waals surface area contributed by atoms with E-state index in [-0.39, 0.29) is 0 Å². The van der Waals surface area contributed by atoms with Crippen LogP contribution in [0.15, 0.2) is 24.3 Å². The van der Waals surface area contributed by atoms with Crippen molar-refractivity contribution < 1.29 is 23.6 Å². The van der Waals surface area contributed by atoms with Gasteiger partial charge in [-0.3, -0.25) is 0 Å². The quantitative estimate of drug-likeness (QED) is 0.768. The van der Waals surface area contributed by atoms with Gasteiger partial charge in [-0.15, -0.1) is 0 Å². The molecule has 3 N–H and O–H groups in total. The zero-order valence-corrected chi connectivity index (χ0v) is 9.30. The van der Waals surface area contributed by atoms with Crippen molar-refractivity contribution in [2.24, 2.45) is 0 Å². The zero-order chi connectivity index (χ0) is 12.5. The number of piperidine rings is 1. The molecule has 0 aliphatic carbocycles. The number of benzene rings is 1. The van der Waals surface area contributed by atoms with E-state index in [2.05, 4.69) is 5.32 Å². The maximum Gasteiger partial charge on any atom is 0.416 e. The number of hydrogen-bond donors (Lipinski definition) is 2. The molecule has 2 nitrogen and oxygen atoms in total. The number of rotatable bonds is 1. The summed E-state index contributed by atoms with van der Waals surface area (Å²) in [5, 5.41) is 12.4. The van der Waals surface area contributed by atoms with Gasteiger partial charge in [0.25, 0.3) is 0 Å². The second-order valence-corrected chi connectivity index (χ2v) is 4.48. The van der Waals surface area contributed by atoms with Crippen molar-refractivity contribution in [3.8, 4) is 0 Å². The molecule has 0 aromatic heterocycles. The van der Waals surface area contributed by atoms with Gasteiger partial charge in [-0.25, -0.2) is 0 Å². The standard InChI is InChI=1S/C12H14F3NO/c13-12(14,15)10-3-1-2-9(8-10)11(17)4-6-16-7-5-11/h1-3,8,16-17H,4-7H2/p+1. The van der Waals surface area contributed by atoms with Crippen LogP contribution in [0.2, 0.25) is 0 Å². The summed E-state index contributed by atoms with van der Waals surface area (Å²) in [5.41, 5.74) is -1.42. The molecule has 0 unspecified atom stereocenters. The predicted molar refractivity (Wildman–Crippen MR) is 56.2 cm³/mol. The van der Waals surface area contributed by atoms with Crippen LogP contribution in [0.25, 0.3) is 0 Å². The van der Waals surface area contributed by atoms with Gasteiger partial charge >= 0.3 is 6.18 Å². The first-order chi connectivity index (χ1) is 7.92. The second-order valence-electron chi connectivity index (χ2n) is 4.48. The number of alkyl halides is 3.